The molecule has 0 aliphatic heterocycles. The number of aliphatic imine (C=N–C) groups is 1. The highest BCUT2D eigenvalue weighted by atomic mass is 32.1. The molecule has 0 saturated heterocycles. The number of nitrogens with one attached hydrogen (secondary N) is 1. The molecule has 0 saturated carbocycles. The van der Waals surface area contributed by atoms with Crippen molar-refractivity contribution in [3.63, 3.8) is 0 Å². The molecule has 0 amide bonds. The molecule has 0 bridgehead atoms. The molecule has 1 heterocycles. The average Bonchev–Trinajstić information content (AvgIpc) is 3.10. The summed E-state index contributed by atoms with van der Waals surface area (Å²) < 4.78 is 0. The Morgan fingerprint density at radius 3 is 2.46 bits per heavy atom. The lowest BCUT2D eigenvalue weighted by Crippen LogP contribution is -2.39. The number of guanidine groups is 1. The summed E-state index contributed by atoms with van der Waals surface area (Å²) >= 11 is 1.81. The zero-order valence-corrected chi connectivity index (χ0v) is 15.9. The molecule has 2 rings (SSSR count). The predicted octanol–water partition coefficient (Wildman–Crippen LogP) is 3.45. The first-order valence-corrected chi connectivity index (χ1v) is 9.26. The lowest BCUT2D eigenvalue weighted by molar-refractivity contribution is 0.486. The second-order valence-corrected chi connectivity index (χ2v) is 7.01. The first-order valence-electron chi connectivity index (χ1n) is 8.38. The maximum Gasteiger partial charge on any atom is 0.193 e. The van der Waals surface area contributed by atoms with Crippen molar-refractivity contribution < 1.29 is 0 Å². The summed E-state index contributed by atoms with van der Waals surface area (Å²) in [5, 5.41) is 5.51. The Kier molecular flexibility index (Phi) is 7.12. The largest absolute Gasteiger partial charge is 0.378 e. The van der Waals surface area contributed by atoms with Gasteiger partial charge in [-0.15, -0.1) is 11.3 Å². The number of hydrogen-bond acceptors (Lipinski definition) is 3. The summed E-state index contributed by atoms with van der Waals surface area (Å²) in [5.41, 5.74) is 2.44. The Balaban J connectivity index is 1.95. The van der Waals surface area contributed by atoms with Gasteiger partial charge in [0.1, 0.15) is 0 Å². The molecule has 130 valence electrons. The highest BCUT2D eigenvalue weighted by molar-refractivity contribution is 7.09. The number of hydrogen-bond donors (Lipinski definition) is 1. The highest BCUT2D eigenvalue weighted by Gasteiger charge is 2.06. The lowest BCUT2D eigenvalue weighted by atomic mass is 10.2. The number of nitrogens with zero attached hydrogens (tertiary/aromatic N) is 3. The van der Waals surface area contributed by atoms with Crippen LogP contribution in [0.15, 0.2) is 46.8 Å². The van der Waals surface area contributed by atoms with E-state index in [0.717, 1.165) is 25.5 Å². The third-order valence-corrected chi connectivity index (χ3v) is 4.77. The molecule has 5 heteroatoms. The fourth-order valence-corrected chi connectivity index (χ4v) is 3.07. The van der Waals surface area contributed by atoms with E-state index in [1.165, 1.54) is 16.1 Å². The van der Waals surface area contributed by atoms with E-state index in [0.29, 0.717) is 6.54 Å². The molecule has 2 aromatic rings. The zero-order valence-electron chi connectivity index (χ0n) is 15.1. The standard InChI is InChI=1S/C19H28N4S/c1-5-20-19(23(4)13-12-18-7-6-14-24-18)21-15-16-8-10-17(11-9-16)22(2)3/h6-11,14H,5,12-13,15H2,1-4H3,(H,20,21). The van der Waals surface area contributed by atoms with Gasteiger partial charge in [-0.3, -0.25) is 0 Å². The van der Waals surface area contributed by atoms with Crippen LogP contribution in [0.1, 0.15) is 17.4 Å². The SMILES string of the molecule is CCNC(=NCc1ccc(N(C)C)cc1)N(C)CCc1cccs1. The number of thiophene rings is 1. The predicted molar refractivity (Wildman–Crippen MR) is 106 cm³/mol. The zero-order chi connectivity index (χ0) is 17.4. The van der Waals surface area contributed by atoms with Crippen LogP contribution in [-0.2, 0) is 13.0 Å². The van der Waals surface area contributed by atoms with Crippen molar-refractivity contribution in [1.29, 1.82) is 0 Å². The second-order valence-electron chi connectivity index (χ2n) is 5.98. The molecule has 0 fully saturated rings. The molecule has 1 aromatic carbocycles. The maximum absolute atomic E-state index is 4.78. The van der Waals surface area contributed by atoms with Gasteiger partial charge in [0, 0.05) is 44.8 Å². The van der Waals surface area contributed by atoms with E-state index in [9.17, 15) is 0 Å². The van der Waals surface area contributed by atoms with Crippen molar-refractivity contribution in [3.8, 4) is 0 Å². The fraction of sp³-hybridized carbons (Fsp3) is 0.421. The van der Waals surface area contributed by atoms with Crippen LogP contribution in [0.5, 0.6) is 0 Å². The van der Waals surface area contributed by atoms with E-state index in [4.69, 9.17) is 4.99 Å². The molecule has 0 aliphatic rings. The van der Waals surface area contributed by atoms with E-state index in [-0.39, 0.29) is 0 Å². The first-order chi connectivity index (χ1) is 11.6. The van der Waals surface area contributed by atoms with Crippen LogP contribution in [0.25, 0.3) is 0 Å². The van der Waals surface area contributed by atoms with Gasteiger partial charge >= 0.3 is 0 Å². The van der Waals surface area contributed by atoms with Gasteiger partial charge in [-0.05, 0) is 42.5 Å². The van der Waals surface area contributed by atoms with Crippen molar-refractivity contribution in [2.75, 3.05) is 39.1 Å². The van der Waals surface area contributed by atoms with Gasteiger partial charge in [-0.1, -0.05) is 18.2 Å². The molecular weight excluding hydrogens is 316 g/mol. The Bertz CT molecular complexity index is 617. The molecule has 1 aromatic heterocycles. The summed E-state index contributed by atoms with van der Waals surface area (Å²) in [4.78, 5) is 10.5. The minimum absolute atomic E-state index is 0.694. The van der Waals surface area contributed by atoms with Crippen LogP contribution < -0.4 is 10.2 Å². The van der Waals surface area contributed by atoms with Crippen LogP contribution in [0.4, 0.5) is 5.69 Å². The molecule has 4 nitrogen and oxygen atoms in total. The molecule has 0 spiro atoms. The second kappa shape index (κ2) is 9.33. The fourth-order valence-electron chi connectivity index (χ4n) is 2.37. The van der Waals surface area contributed by atoms with E-state index in [2.05, 4.69) is 85.0 Å². The van der Waals surface area contributed by atoms with Crippen LogP contribution in [-0.4, -0.2) is 45.1 Å². The number of likely N-dealkylation sites (N-methyl/N-ethyl adjacent to an activating group) is 1. The third kappa shape index (κ3) is 5.57. The normalized spacial score (nSPS) is 11.4. The van der Waals surface area contributed by atoms with Crippen molar-refractivity contribution in [3.05, 3.63) is 52.2 Å². The van der Waals surface area contributed by atoms with Gasteiger partial charge in [0.25, 0.3) is 0 Å². The van der Waals surface area contributed by atoms with E-state index >= 15 is 0 Å². The average molecular weight is 345 g/mol. The third-order valence-electron chi connectivity index (χ3n) is 3.83. The van der Waals surface area contributed by atoms with E-state index in [1.807, 2.05) is 11.3 Å². The van der Waals surface area contributed by atoms with Crippen molar-refractivity contribution in [2.45, 2.75) is 19.9 Å². The van der Waals surface area contributed by atoms with Crippen LogP contribution in [0.2, 0.25) is 0 Å². The summed E-state index contributed by atoms with van der Waals surface area (Å²) in [6.45, 7) is 4.64. The topological polar surface area (TPSA) is 30.9 Å². The first kappa shape index (κ1) is 18.3. The van der Waals surface area contributed by atoms with Gasteiger partial charge in [0.2, 0.25) is 0 Å². The van der Waals surface area contributed by atoms with Crippen LogP contribution in [0.3, 0.4) is 0 Å². The Hall–Kier alpha value is -2.01. The summed E-state index contributed by atoms with van der Waals surface area (Å²) in [6.07, 6.45) is 1.05. The van der Waals surface area contributed by atoms with Crippen LogP contribution in [0, 0.1) is 0 Å². The Labute approximate surface area is 149 Å². The van der Waals surface area contributed by atoms with Gasteiger partial charge in [0.15, 0.2) is 5.96 Å². The van der Waals surface area contributed by atoms with E-state index < -0.39 is 0 Å². The van der Waals surface area contributed by atoms with Gasteiger partial charge in [0.05, 0.1) is 6.54 Å². The molecule has 1 N–H and O–H groups in total. The number of rotatable bonds is 7. The van der Waals surface area contributed by atoms with Crippen molar-refractivity contribution in [1.82, 2.24) is 10.2 Å². The Morgan fingerprint density at radius 2 is 1.88 bits per heavy atom. The van der Waals surface area contributed by atoms with Gasteiger partial charge in [-0.25, -0.2) is 4.99 Å². The van der Waals surface area contributed by atoms with Crippen molar-refractivity contribution in [2.24, 2.45) is 4.99 Å². The maximum atomic E-state index is 4.78. The summed E-state index contributed by atoms with van der Waals surface area (Å²) in [6, 6.07) is 12.9. The minimum Gasteiger partial charge on any atom is -0.378 e. The minimum atomic E-state index is 0.694. The molecule has 0 aliphatic carbocycles. The lowest BCUT2D eigenvalue weighted by Gasteiger charge is -2.22. The quantitative estimate of drug-likeness (QED) is 0.616. The molecule has 0 unspecified atom stereocenters. The molecular formula is C19H28N4S. The van der Waals surface area contributed by atoms with Crippen LogP contribution >= 0.6 is 11.3 Å². The summed E-state index contributed by atoms with van der Waals surface area (Å²) in [5.74, 6) is 0.964. The monoisotopic (exact) mass is 344 g/mol. The number of anilines is 1. The molecule has 0 atom stereocenters. The Morgan fingerprint density at radius 1 is 1.12 bits per heavy atom. The summed E-state index contributed by atoms with van der Waals surface area (Å²) in [7, 11) is 6.21. The van der Waals surface area contributed by atoms with Gasteiger partial charge in [-0.2, -0.15) is 0 Å². The smallest absolute Gasteiger partial charge is 0.193 e. The van der Waals surface area contributed by atoms with Crippen molar-refractivity contribution >= 4 is 23.0 Å². The number of benzene rings is 1. The van der Waals surface area contributed by atoms with Gasteiger partial charge < -0.3 is 15.1 Å². The molecule has 0 radical (unpaired) electrons. The highest BCUT2D eigenvalue weighted by Crippen LogP contribution is 2.13. The molecule has 24 heavy (non-hydrogen) atoms. The van der Waals surface area contributed by atoms with E-state index in [1.54, 1.807) is 0 Å².